The third kappa shape index (κ3) is 4.24. The van der Waals surface area contributed by atoms with Crippen LogP contribution in [0, 0.1) is 0 Å². The summed E-state index contributed by atoms with van der Waals surface area (Å²) in [7, 11) is 0. The number of benzene rings is 1. The first-order chi connectivity index (χ1) is 11.4. The molecule has 0 spiro atoms. The molecule has 0 atom stereocenters. The average molecular weight is 360 g/mol. The fourth-order valence-electron chi connectivity index (χ4n) is 1.98. The van der Waals surface area contributed by atoms with E-state index >= 15 is 0 Å². The Labute approximate surface area is 150 Å². The maximum Gasteiger partial charge on any atom is 0.218 e. The van der Waals surface area contributed by atoms with Gasteiger partial charge in [0.05, 0.1) is 6.20 Å². The van der Waals surface area contributed by atoms with Gasteiger partial charge in [0.25, 0.3) is 0 Å². The van der Waals surface area contributed by atoms with E-state index in [-0.39, 0.29) is 5.41 Å². The summed E-state index contributed by atoms with van der Waals surface area (Å²) in [6.45, 7) is 6.29. The highest BCUT2D eigenvalue weighted by Crippen LogP contribution is 2.26. The Morgan fingerprint density at radius 3 is 2.71 bits per heavy atom. The monoisotopic (exact) mass is 359 g/mol. The lowest BCUT2D eigenvalue weighted by molar-refractivity contribution is 0.403. The quantitative estimate of drug-likeness (QED) is 0.621. The number of anilines is 2. The summed E-state index contributed by atoms with van der Waals surface area (Å²) in [5.41, 5.74) is 0.868. The summed E-state index contributed by atoms with van der Waals surface area (Å²) in [5.74, 6) is 1.47. The summed E-state index contributed by atoms with van der Waals surface area (Å²) in [6, 6.07) is 7.54. The van der Waals surface area contributed by atoms with Gasteiger partial charge < -0.3 is 9.73 Å². The molecule has 1 aromatic carbocycles. The van der Waals surface area contributed by atoms with Crippen molar-refractivity contribution in [1.82, 2.24) is 9.97 Å². The lowest BCUT2D eigenvalue weighted by atomic mass is 9.94. The predicted molar refractivity (Wildman–Crippen MR) is 101 cm³/mol. The van der Waals surface area contributed by atoms with E-state index in [4.69, 9.17) is 16.0 Å². The molecule has 0 aliphatic rings. The lowest BCUT2D eigenvalue weighted by Crippen LogP contribution is -2.09. The van der Waals surface area contributed by atoms with Crippen molar-refractivity contribution in [2.45, 2.75) is 26.2 Å². The topological polar surface area (TPSA) is 51.0 Å². The van der Waals surface area contributed by atoms with Crippen LogP contribution in [0.1, 0.15) is 37.3 Å². The van der Waals surface area contributed by atoms with Crippen LogP contribution in [0.5, 0.6) is 0 Å². The summed E-state index contributed by atoms with van der Waals surface area (Å²) >= 11 is 7.53. The Balaban J connectivity index is 1.68. The van der Waals surface area contributed by atoms with Gasteiger partial charge in [0.15, 0.2) is 5.13 Å². The fourth-order valence-corrected chi connectivity index (χ4v) is 2.91. The van der Waals surface area contributed by atoms with Crippen molar-refractivity contribution in [3.8, 4) is 0 Å². The number of rotatable bonds is 4. The highest BCUT2D eigenvalue weighted by molar-refractivity contribution is 7.16. The van der Waals surface area contributed by atoms with Crippen LogP contribution in [0.2, 0.25) is 5.02 Å². The lowest BCUT2D eigenvalue weighted by Gasteiger charge is -2.12. The van der Waals surface area contributed by atoms with Crippen LogP contribution >= 0.6 is 22.9 Å². The molecule has 2 aromatic heterocycles. The van der Waals surface area contributed by atoms with Crippen molar-refractivity contribution in [2.75, 3.05) is 5.32 Å². The van der Waals surface area contributed by atoms with Crippen molar-refractivity contribution < 1.29 is 4.42 Å². The molecule has 0 unspecified atom stereocenters. The zero-order valence-electron chi connectivity index (χ0n) is 13.7. The Morgan fingerprint density at radius 1 is 1.17 bits per heavy atom. The number of aromatic nitrogens is 2. The number of nitrogens with zero attached hydrogens (tertiary/aromatic N) is 2. The van der Waals surface area contributed by atoms with E-state index in [0.717, 1.165) is 21.5 Å². The highest BCUT2D eigenvalue weighted by atomic mass is 35.5. The number of hydrogen-bond acceptors (Lipinski definition) is 5. The van der Waals surface area contributed by atoms with E-state index < -0.39 is 0 Å². The second-order valence-corrected chi connectivity index (χ2v) is 7.85. The smallest absolute Gasteiger partial charge is 0.218 e. The van der Waals surface area contributed by atoms with Gasteiger partial charge in [-0.2, -0.15) is 0 Å². The zero-order valence-corrected chi connectivity index (χ0v) is 15.3. The molecule has 0 bridgehead atoms. The Morgan fingerprint density at radius 2 is 2.00 bits per heavy atom. The minimum atomic E-state index is -0.0440. The van der Waals surface area contributed by atoms with E-state index in [1.54, 1.807) is 17.5 Å². The Kier molecular flexibility index (Phi) is 4.73. The molecule has 0 radical (unpaired) electrons. The molecule has 0 fully saturated rings. The number of nitrogens with one attached hydrogen (secondary N) is 1. The van der Waals surface area contributed by atoms with Gasteiger partial charge in [0, 0.05) is 33.3 Å². The molecule has 0 amide bonds. The van der Waals surface area contributed by atoms with E-state index in [1.807, 2.05) is 42.6 Å². The molecule has 4 nitrogen and oxygen atoms in total. The first kappa shape index (κ1) is 16.7. The second-order valence-electron chi connectivity index (χ2n) is 6.35. The molecule has 1 N–H and O–H groups in total. The minimum absolute atomic E-state index is 0.0440. The van der Waals surface area contributed by atoms with Gasteiger partial charge in [-0.05, 0) is 24.3 Å². The molecule has 3 rings (SSSR count). The largest absolute Gasteiger partial charge is 0.441 e. The summed E-state index contributed by atoms with van der Waals surface area (Å²) < 4.78 is 5.74. The number of oxazole rings is 1. The Bertz CT molecular complexity index is 861. The van der Waals surface area contributed by atoms with E-state index in [2.05, 4.69) is 36.1 Å². The van der Waals surface area contributed by atoms with Gasteiger partial charge >= 0.3 is 0 Å². The van der Waals surface area contributed by atoms with E-state index in [1.165, 1.54) is 0 Å². The fraction of sp³-hybridized carbons (Fsp3) is 0.222. The number of halogens is 1. The molecule has 124 valence electrons. The van der Waals surface area contributed by atoms with Gasteiger partial charge in [-0.25, -0.2) is 9.97 Å². The van der Waals surface area contributed by atoms with Gasteiger partial charge in [0.2, 0.25) is 5.89 Å². The van der Waals surface area contributed by atoms with Crippen LogP contribution in [0.3, 0.4) is 0 Å². The SMILES string of the molecule is CC(C)(C)c1cnc(C=Cc2cnc(Nc3cccc(Cl)c3)s2)o1. The van der Waals surface area contributed by atoms with Crippen LogP contribution in [0.15, 0.2) is 41.1 Å². The van der Waals surface area contributed by atoms with Crippen LogP contribution in [-0.2, 0) is 5.41 Å². The summed E-state index contributed by atoms with van der Waals surface area (Å²) in [5, 5.41) is 4.73. The van der Waals surface area contributed by atoms with Gasteiger partial charge in [0.1, 0.15) is 5.76 Å². The molecule has 3 aromatic rings. The van der Waals surface area contributed by atoms with Crippen molar-refractivity contribution in [1.29, 1.82) is 0 Å². The molecule has 0 aliphatic heterocycles. The van der Waals surface area contributed by atoms with Crippen molar-refractivity contribution in [3.05, 3.63) is 58.2 Å². The molecule has 0 saturated heterocycles. The van der Waals surface area contributed by atoms with Crippen LogP contribution < -0.4 is 5.32 Å². The molecule has 6 heteroatoms. The van der Waals surface area contributed by atoms with Gasteiger partial charge in [-0.15, -0.1) is 0 Å². The van der Waals surface area contributed by atoms with E-state index in [9.17, 15) is 0 Å². The second kappa shape index (κ2) is 6.79. The first-order valence-corrected chi connectivity index (χ1v) is 8.72. The summed E-state index contributed by atoms with van der Waals surface area (Å²) in [6.07, 6.45) is 7.38. The normalized spacial score (nSPS) is 12.0. The van der Waals surface area contributed by atoms with Crippen LogP contribution in [0.25, 0.3) is 12.2 Å². The van der Waals surface area contributed by atoms with Crippen LogP contribution in [0.4, 0.5) is 10.8 Å². The number of hydrogen-bond donors (Lipinski definition) is 1. The Hall–Kier alpha value is -2.11. The third-order valence-corrected chi connectivity index (χ3v) is 4.37. The van der Waals surface area contributed by atoms with Crippen molar-refractivity contribution in [2.24, 2.45) is 0 Å². The highest BCUT2D eigenvalue weighted by Gasteiger charge is 2.18. The van der Waals surface area contributed by atoms with Gasteiger partial charge in [-0.1, -0.05) is 49.8 Å². The molecule has 0 saturated carbocycles. The molecule has 0 aliphatic carbocycles. The molecule has 2 heterocycles. The van der Waals surface area contributed by atoms with Crippen LogP contribution in [-0.4, -0.2) is 9.97 Å². The minimum Gasteiger partial charge on any atom is -0.441 e. The molecular weight excluding hydrogens is 342 g/mol. The number of thiazole rings is 1. The van der Waals surface area contributed by atoms with Crippen molar-refractivity contribution in [3.63, 3.8) is 0 Å². The molecular formula is C18H18ClN3OS. The zero-order chi connectivity index (χ0) is 17.2. The first-order valence-electron chi connectivity index (χ1n) is 7.53. The van der Waals surface area contributed by atoms with Gasteiger partial charge in [-0.3, -0.25) is 0 Å². The van der Waals surface area contributed by atoms with Crippen molar-refractivity contribution >= 4 is 45.9 Å². The third-order valence-electron chi connectivity index (χ3n) is 3.25. The molecule has 24 heavy (non-hydrogen) atoms. The summed E-state index contributed by atoms with van der Waals surface area (Å²) in [4.78, 5) is 9.65. The van der Waals surface area contributed by atoms with E-state index in [0.29, 0.717) is 10.9 Å². The standard InChI is InChI=1S/C18H18ClN3OS/c1-18(2,3)15-11-20-16(23-15)8-7-14-10-21-17(24-14)22-13-6-4-5-12(19)9-13/h4-11H,1-3H3,(H,21,22). The maximum absolute atomic E-state index is 5.98. The maximum atomic E-state index is 5.98. The predicted octanol–water partition coefficient (Wildman–Crippen LogP) is 6.00. The average Bonchev–Trinajstić information content (AvgIpc) is 3.13.